The Morgan fingerprint density at radius 3 is 2.33 bits per heavy atom. The highest BCUT2D eigenvalue weighted by Gasteiger charge is 2.14. The van der Waals surface area contributed by atoms with Gasteiger partial charge >= 0.3 is 0 Å². The van der Waals surface area contributed by atoms with Crippen molar-refractivity contribution in [3.8, 4) is 0 Å². The predicted octanol–water partition coefficient (Wildman–Crippen LogP) is 4.28. The van der Waals surface area contributed by atoms with Gasteiger partial charge in [-0.05, 0) is 42.0 Å². The number of rotatable bonds is 3. The first-order valence-electron chi connectivity index (χ1n) is 6.18. The fourth-order valence-corrected chi connectivity index (χ4v) is 2.14. The summed E-state index contributed by atoms with van der Waals surface area (Å²) in [5.41, 5.74) is 0.592. The van der Waals surface area contributed by atoms with Crippen LogP contribution < -0.4 is 0 Å². The van der Waals surface area contributed by atoms with Crippen LogP contribution in [0.15, 0.2) is 46.9 Å². The third-order valence-corrected chi connectivity index (χ3v) is 3.04. The van der Waals surface area contributed by atoms with Crippen LogP contribution in [0.5, 0.6) is 0 Å². The number of benzene rings is 2. The first kappa shape index (κ1) is 13.4. The van der Waals surface area contributed by atoms with Crippen LogP contribution in [0, 0.1) is 17.5 Å². The van der Waals surface area contributed by atoms with Gasteiger partial charge in [-0.1, -0.05) is 0 Å². The van der Waals surface area contributed by atoms with Crippen molar-refractivity contribution in [1.29, 1.82) is 0 Å². The summed E-state index contributed by atoms with van der Waals surface area (Å²) in [4.78, 5) is 12.1. The lowest BCUT2D eigenvalue weighted by atomic mass is 10.1. The minimum absolute atomic E-state index is 0.0280. The van der Waals surface area contributed by atoms with E-state index in [1.165, 1.54) is 24.3 Å². The summed E-state index contributed by atoms with van der Waals surface area (Å²) >= 11 is 0. The quantitative estimate of drug-likeness (QED) is 0.674. The van der Waals surface area contributed by atoms with Gasteiger partial charge in [-0.25, -0.2) is 13.2 Å². The van der Waals surface area contributed by atoms with Crippen LogP contribution in [0.3, 0.4) is 0 Å². The van der Waals surface area contributed by atoms with Crippen molar-refractivity contribution in [3.05, 3.63) is 71.2 Å². The molecule has 0 N–H and O–H groups in total. The van der Waals surface area contributed by atoms with Gasteiger partial charge in [0.05, 0.1) is 0 Å². The average Bonchev–Trinajstić information content (AvgIpc) is 2.80. The molecule has 1 heterocycles. The molecular weight excluding hydrogens is 281 g/mol. The van der Waals surface area contributed by atoms with Crippen LogP contribution >= 0.6 is 0 Å². The second-order valence-corrected chi connectivity index (χ2v) is 4.67. The number of carbonyl (C=O) groups excluding carboxylic acids is 1. The smallest absolute Gasteiger partial charge is 0.202 e. The fraction of sp³-hybridized carbons (Fsp3) is 0.0625. The lowest BCUT2D eigenvalue weighted by molar-refractivity contribution is 0.0968. The Kier molecular flexibility index (Phi) is 3.25. The summed E-state index contributed by atoms with van der Waals surface area (Å²) in [6.45, 7) is 0. The van der Waals surface area contributed by atoms with Gasteiger partial charge in [-0.3, -0.25) is 4.79 Å². The molecule has 3 aromatic rings. The monoisotopic (exact) mass is 290 g/mol. The summed E-state index contributed by atoms with van der Waals surface area (Å²) < 4.78 is 44.5. The third-order valence-electron chi connectivity index (χ3n) is 3.04. The van der Waals surface area contributed by atoms with Crippen molar-refractivity contribution in [2.24, 2.45) is 0 Å². The van der Waals surface area contributed by atoms with Crippen molar-refractivity contribution in [1.82, 2.24) is 0 Å². The molecule has 0 radical (unpaired) electrons. The van der Waals surface area contributed by atoms with Crippen molar-refractivity contribution in [2.75, 3.05) is 0 Å². The SMILES string of the molecule is O=C(Cc1cc(F)cc(F)c1)c1cc2cc(F)ccc2o1. The standard InChI is InChI=1S/C16H9F3O2/c17-11-1-2-15-10(6-11)7-16(21-15)14(20)5-9-3-12(18)8-13(19)4-9/h1-4,6-8H,5H2. The van der Waals surface area contributed by atoms with Gasteiger partial charge in [0.2, 0.25) is 5.78 Å². The molecule has 2 nitrogen and oxygen atoms in total. The molecule has 0 atom stereocenters. The minimum atomic E-state index is -0.746. The van der Waals surface area contributed by atoms with Crippen molar-refractivity contribution < 1.29 is 22.4 Å². The van der Waals surface area contributed by atoms with Gasteiger partial charge in [0.25, 0.3) is 0 Å². The van der Waals surface area contributed by atoms with E-state index in [1.54, 1.807) is 0 Å². The van der Waals surface area contributed by atoms with Crippen LogP contribution in [-0.2, 0) is 6.42 Å². The number of carbonyl (C=O) groups is 1. The lowest BCUT2D eigenvalue weighted by Crippen LogP contribution is -2.02. The maximum atomic E-state index is 13.1. The molecule has 0 saturated carbocycles. The Bertz CT molecular complexity index is 816. The topological polar surface area (TPSA) is 30.2 Å². The molecule has 0 aliphatic rings. The number of furan rings is 1. The van der Waals surface area contributed by atoms with Gasteiger partial charge < -0.3 is 4.42 Å². The van der Waals surface area contributed by atoms with E-state index in [-0.39, 0.29) is 17.7 Å². The molecule has 5 heteroatoms. The van der Waals surface area contributed by atoms with Gasteiger partial charge in [0.15, 0.2) is 5.76 Å². The second kappa shape index (κ2) is 5.09. The van der Waals surface area contributed by atoms with Gasteiger partial charge in [0.1, 0.15) is 23.0 Å². The fourth-order valence-electron chi connectivity index (χ4n) is 2.14. The van der Waals surface area contributed by atoms with E-state index in [4.69, 9.17) is 4.42 Å². The summed E-state index contributed by atoms with van der Waals surface area (Å²) in [6, 6.07) is 8.21. The Morgan fingerprint density at radius 1 is 0.905 bits per heavy atom. The zero-order valence-electron chi connectivity index (χ0n) is 10.7. The van der Waals surface area contributed by atoms with Gasteiger partial charge in [-0.15, -0.1) is 0 Å². The average molecular weight is 290 g/mol. The van der Waals surface area contributed by atoms with Crippen molar-refractivity contribution in [3.63, 3.8) is 0 Å². The summed E-state index contributed by atoms with van der Waals surface area (Å²) in [5.74, 6) is -2.33. The van der Waals surface area contributed by atoms with E-state index >= 15 is 0 Å². The number of halogens is 3. The number of fused-ring (bicyclic) bond motifs is 1. The van der Waals surface area contributed by atoms with E-state index in [0.717, 1.165) is 18.2 Å². The molecule has 2 aromatic carbocycles. The number of hydrogen-bond acceptors (Lipinski definition) is 2. The molecule has 0 spiro atoms. The highest BCUT2D eigenvalue weighted by atomic mass is 19.1. The first-order chi connectivity index (χ1) is 10.0. The van der Waals surface area contributed by atoms with Gasteiger partial charge in [0, 0.05) is 17.9 Å². The molecule has 1 aromatic heterocycles. The molecule has 0 fully saturated rings. The zero-order valence-corrected chi connectivity index (χ0v) is 10.7. The van der Waals surface area contributed by atoms with E-state index in [9.17, 15) is 18.0 Å². The molecule has 0 saturated heterocycles. The Balaban J connectivity index is 1.89. The summed E-state index contributed by atoms with van der Waals surface area (Å²) in [5, 5.41) is 0.462. The van der Waals surface area contributed by atoms with E-state index in [1.807, 2.05) is 0 Å². The Hall–Kier alpha value is -2.56. The van der Waals surface area contributed by atoms with Crippen LogP contribution in [-0.4, -0.2) is 5.78 Å². The van der Waals surface area contributed by atoms with Crippen molar-refractivity contribution >= 4 is 16.8 Å². The first-order valence-corrected chi connectivity index (χ1v) is 6.18. The zero-order chi connectivity index (χ0) is 15.0. The molecule has 0 aliphatic heterocycles. The minimum Gasteiger partial charge on any atom is -0.453 e. The van der Waals surface area contributed by atoms with Crippen LogP contribution in [0.4, 0.5) is 13.2 Å². The van der Waals surface area contributed by atoms with Gasteiger partial charge in [-0.2, -0.15) is 0 Å². The van der Waals surface area contributed by atoms with Crippen LogP contribution in [0.2, 0.25) is 0 Å². The maximum Gasteiger partial charge on any atom is 0.202 e. The number of hydrogen-bond donors (Lipinski definition) is 0. The molecular formula is C16H9F3O2. The highest BCUT2D eigenvalue weighted by molar-refractivity contribution is 5.98. The summed E-state index contributed by atoms with van der Waals surface area (Å²) in [7, 11) is 0. The molecule has 0 bridgehead atoms. The second-order valence-electron chi connectivity index (χ2n) is 4.67. The molecule has 106 valence electrons. The van der Waals surface area contributed by atoms with E-state index in [0.29, 0.717) is 11.0 Å². The lowest BCUT2D eigenvalue weighted by Gasteiger charge is -2.00. The predicted molar refractivity (Wildman–Crippen MR) is 70.6 cm³/mol. The largest absolute Gasteiger partial charge is 0.453 e. The number of ketones is 1. The normalized spacial score (nSPS) is 11.0. The van der Waals surface area contributed by atoms with E-state index < -0.39 is 23.2 Å². The molecule has 21 heavy (non-hydrogen) atoms. The Labute approximate surface area is 117 Å². The maximum absolute atomic E-state index is 13.1. The van der Waals surface area contributed by atoms with E-state index in [2.05, 4.69) is 0 Å². The van der Waals surface area contributed by atoms with Crippen LogP contribution in [0.25, 0.3) is 11.0 Å². The third kappa shape index (κ3) is 2.81. The van der Waals surface area contributed by atoms with Crippen molar-refractivity contribution in [2.45, 2.75) is 6.42 Å². The Morgan fingerprint density at radius 2 is 1.62 bits per heavy atom. The highest BCUT2D eigenvalue weighted by Crippen LogP contribution is 2.22. The summed E-state index contributed by atoms with van der Waals surface area (Å²) in [6.07, 6.45) is -0.197. The molecule has 3 rings (SSSR count). The van der Waals surface area contributed by atoms with Crippen LogP contribution in [0.1, 0.15) is 16.1 Å². The molecule has 0 amide bonds. The number of Topliss-reactive ketones (excluding diaryl/α,β-unsaturated/α-hetero) is 1. The molecule has 0 aliphatic carbocycles. The molecule has 0 unspecified atom stereocenters.